The summed E-state index contributed by atoms with van der Waals surface area (Å²) in [5.41, 5.74) is 4.62. The van der Waals surface area contributed by atoms with E-state index in [1.807, 2.05) is 71.0 Å². The van der Waals surface area contributed by atoms with E-state index < -0.39 is 23.8 Å². The van der Waals surface area contributed by atoms with Gasteiger partial charge in [-0.15, -0.1) is 0 Å². The fourth-order valence-electron chi connectivity index (χ4n) is 3.98. The molecule has 0 spiro atoms. The van der Waals surface area contributed by atoms with Crippen molar-refractivity contribution in [1.82, 2.24) is 10.2 Å². The second-order valence-corrected chi connectivity index (χ2v) is 9.94. The van der Waals surface area contributed by atoms with Crippen molar-refractivity contribution < 1.29 is 19.1 Å². The van der Waals surface area contributed by atoms with Crippen molar-refractivity contribution in [2.45, 2.75) is 80.0 Å². The van der Waals surface area contributed by atoms with E-state index in [1.165, 1.54) is 4.90 Å². The number of aryl methyl sites for hydroxylation is 3. The largest absolute Gasteiger partial charge is 0.444 e. The van der Waals surface area contributed by atoms with Crippen LogP contribution in [0.3, 0.4) is 0 Å². The molecule has 0 saturated heterocycles. The number of hydrogen-bond donors (Lipinski definition) is 2. The van der Waals surface area contributed by atoms with Crippen molar-refractivity contribution in [2.75, 3.05) is 11.9 Å². The number of anilines is 1. The molecule has 7 heteroatoms. The molecule has 0 bridgehead atoms. The maximum absolute atomic E-state index is 13.8. The van der Waals surface area contributed by atoms with Crippen LogP contribution in [0.2, 0.25) is 0 Å². The van der Waals surface area contributed by atoms with Crippen LogP contribution in [0.25, 0.3) is 0 Å². The van der Waals surface area contributed by atoms with Gasteiger partial charge >= 0.3 is 6.09 Å². The third-order valence-corrected chi connectivity index (χ3v) is 5.96. The molecule has 0 aliphatic carbocycles. The molecule has 0 radical (unpaired) electrons. The second kappa shape index (κ2) is 11.4. The molecule has 2 aromatic rings. The molecule has 0 fully saturated rings. The van der Waals surface area contributed by atoms with Crippen molar-refractivity contribution in [1.29, 1.82) is 0 Å². The Morgan fingerprint density at radius 3 is 2.03 bits per heavy atom. The molecule has 0 aliphatic rings. The maximum atomic E-state index is 13.8. The van der Waals surface area contributed by atoms with Gasteiger partial charge < -0.3 is 20.3 Å². The van der Waals surface area contributed by atoms with E-state index in [1.54, 1.807) is 27.7 Å². The monoisotopic (exact) mass is 481 g/mol. The quantitative estimate of drug-likeness (QED) is 0.557. The molecule has 190 valence electrons. The lowest BCUT2D eigenvalue weighted by Crippen LogP contribution is -2.51. The zero-order valence-corrected chi connectivity index (χ0v) is 22.4. The Hall–Kier alpha value is -3.35. The van der Waals surface area contributed by atoms with Crippen LogP contribution in [-0.2, 0) is 14.3 Å². The Morgan fingerprint density at radius 1 is 0.943 bits per heavy atom. The minimum atomic E-state index is -0.884. The normalized spacial score (nSPS) is 12.9. The van der Waals surface area contributed by atoms with Gasteiger partial charge in [0.25, 0.3) is 5.91 Å². The molecule has 2 rings (SSSR count). The topological polar surface area (TPSA) is 87.7 Å². The van der Waals surface area contributed by atoms with Crippen molar-refractivity contribution >= 4 is 23.6 Å². The number of amides is 3. The van der Waals surface area contributed by atoms with E-state index in [-0.39, 0.29) is 18.4 Å². The molecule has 2 N–H and O–H groups in total. The van der Waals surface area contributed by atoms with E-state index in [4.69, 9.17) is 4.74 Å². The predicted octanol–water partition coefficient (Wildman–Crippen LogP) is 5.36. The van der Waals surface area contributed by atoms with Crippen LogP contribution in [0, 0.1) is 27.7 Å². The first-order valence-corrected chi connectivity index (χ1v) is 12.0. The first-order valence-electron chi connectivity index (χ1n) is 12.0. The van der Waals surface area contributed by atoms with Gasteiger partial charge in [-0.2, -0.15) is 0 Å². The van der Waals surface area contributed by atoms with Crippen LogP contribution in [0.4, 0.5) is 10.5 Å². The summed E-state index contributed by atoms with van der Waals surface area (Å²) in [5, 5.41) is 5.67. The minimum absolute atomic E-state index is 0.275. The third kappa shape index (κ3) is 7.07. The van der Waals surface area contributed by atoms with Gasteiger partial charge in [0.15, 0.2) is 0 Å². The average molecular weight is 482 g/mol. The fraction of sp³-hybridized carbons (Fsp3) is 0.464. The van der Waals surface area contributed by atoms with Crippen LogP contribution in [0.5, 0.6) is 0 Å². The summed E-state index contributed by atoms with van der Waals surface area (Å²) in [7, 11) is 0. The molecular formula is C28H39N3O4. The Bertz CT molecular complexity index is 1070. The maximum Gasteiger partial charge on any atom is 0.408 e. The number of nitrogens with one attached hydrogen (secondary N) is 2. The van der Waals surface area contributed by atoms with Gasteiger partial charge in [-0.25, -0.2) is 4.79 Å². The number of alkyl carbamates (subject to hydrolysis) is 1. The second-order valence-electron chi connectivity index (χ2n) is 9.94. The smallest absolute Gasteiger partial charge is 0.408 e. The molecule has 2 unspecified atom stereocenters. The van der Waals surface area contributed by atoms with Gasteiger partial charge in [-0.1, -0.05) is 36.4 Å². The summed E-state index contributed by atoms with van der Waals surface area (Å²) in [6, 6.07) is 9.78. The number of rotatable bonds is 7. The number of carbonyl (C=O) groups is 3. The summed E-state index contributed by atoms with van der Waals surface area (Å²) in [6.45, 7) is 16.8. The van der Waals surface area contributed by atoms with E-state index in [9.17, 15) is 14.4 Å². The lowest BCUT2D eigenvalue weighted by Gasteiger charge is -2.34. The summed E-state index contributed by atoms with van der Waals surface area (Å²) < 4.78 is 5.30. The fourth-order valence-corrected chi connectivity index (χ4v) is 3.98. The number of nitrogens with zero attached hydrogens (tertiary/aromatic N) is 1. The predicted molar refractivity (Wildman–Crippen MR) is 139 cm³/mol. The molecule has 3 amide bonds. The lowest BCUT2D eigenvalue weighted by atomic mass is 9.95. The Balaban J connectivity index is 2.46. The van der Waals surface area contributed by atoms with Gasteiger partial charge in [0, 0.05) is 12.2 Å². The molecule has 0 heterocycles. The van der Waals surface area contributed by atoms with Crippen LogP contribution in [0.15, 0.2) is 36.4 Å². The minimum Gasteiger partial charge on any atom is -0.444 e. The molecule has 7 nitrogen and oxygen atoms in total. The third-order valence-electron chi connectivity index (χ3n) is 5.96. The van der Waals surface area contributed by atoms with Crippen molar-refractivity contribution in [3.8, 4) is 0 Å². The Morgan fingerprint density at radius 2 is 1.49 bits per heavy atom. The van der Waals surface area contributed by atoms with E-state index in [0.29, 0.717) is 0 Å². The molecule has 0 aromatic heterocycles. The number of para-hydroxylation sites is 1. The highest BCUT2D eigenvalue weighted by atomic mass is 16.6. The summed E-state index contributed by atoms with van der Waals surface area (Å²) in [4.78, 5) is 41.2. The van der Waals surface area contributed by atoms with Crippen molar-refractivity contribution in [3.05, 3.63) is 64.2 Å². The van der Waals surface area contributed by atoms with Crippen molar-refractivity contribution in [3.63, 3.8) is 0 Å². The van der Waals surface area contributed by atoms with E-state index >= 15 is 0 Å². The summed E-state index contributed by atoms with van der Waals surface area (Å²) in [6.07, 6.45) is -0.683. The number of carbonyl (C=O) groups excluding carboxylic acids is 3. The summed E-state index contributed by atoms with van der Waals surface area (Å²) >= 11 is 0. The Kier molecular flexibility index (Phi) is 9.07. The van der Waals surface area contributed by atoms with E-state index in [0.717, 1.165) is 33.5 Å². The van der Waals surface area contributed by atoms with Gasteiger partial charge in [0.1, 0.15) is 17.7 Å². The molecule has 2 aromatic carbocycles. The zero-order chi connectivity index (χ0) is 26.5. The highest BCUT2D eigenvalue weighted by Crippen LogP contribution is 2.29. The highest BCUT2D eigenvalue weighted by Gasteiger charge is 2.35. The van der Waals surface area contributed by atoms with Gasteiger partial charge in [-0.05, 0) is 90.1 Å². The number of hydrogen-bond acceptors (Lipinski definition) is 4. The summed E-state index contributed by atoms with van der Waals surface area (Å²) in [5.74, 6) is -0.684. The standard InChI is InChI=1S/C28H39N3O4/c1-10-31(26(33)21(6)29-27(34)35-28(7,8)9)24(22-16-12-13-17(2)20(22)5)25(32)30-23-18(3)14-11-15-19(23)4/h11-16,21,24H,10H2,1-9H3,(H,29,34)(H,30,32). The lowest BCUT2D eigenvalue weighted by molar-refractivity contribution is -0.140. The highest BCUT2D eigenvalue weighted by molar-refractivity contribution is 6.00. The van der Waals surface area contributed by atoms with Crippen LogP contribution >= 0.6 is 0 Å². The SMILES string of the molecule is CCN(C(=O)C(C)NC(=O)OC(C)(C)C)C(C(=O)Nc1c(C)cccc1C)c1cccc(C)c1C. The van der Waals surface area contributed by atoms with Crippen LogP contribution in [0.1, 0.15) is 68.5 Å². The average Bonchev–Trinajstić information content (AvgIpc) is 2.75. The molecule has 2 atom stereocenters. The molecular weight excluding hydrogens is 442 g/mol. The van der Waals surface area contributed by atoms with Gasteiger partial charge in [0.05, 0.1) is 0 Å². The van der Waals surface area contributed by atoms with Crippen LogP contribution in [-0.4, -0.2) is 41.0 Å². The Labute approximate surface area is 209 Å². The number of ether oxygens (including phenoxy) is 1. The molecule has 0 saturated carbocycles. The first-order chi connectivity index (χ1) is 16.3. The number of benzene rings is 2. The molecule has 0 aliphatic heterocycles. The van der Waals surface area contributed by atoms with Crippen molar-refractivity contribution in [2.24, 2.45) is 0 Å². The molecule has 35 heavy (non-hydrogen) atoms. The van der Waals surface area contributed by atoms with Gasteiger partial charge in [0.2, 0.25) is 5.91 Å². The zero-order valence-electron chi connectivity index (χ0n) is 22.4. The number of likely N-dealkylation sites (N-methyl/N-ethyl adjacent to an activating group) is 1. The van der Waals surface area contributed by atoms with Crippen LogP contribution < -0.4 is 10.6 Å². The first kappa shape index (κ1) is 27.9. The van der Waals surface area contributed by atoms with E-state index in [2.05, 4.69) is 10.6 Å². The van der Waals surface area contributed by atoms with Gasteiger partial charge in [-0.3, -0.25) is 9.59 Å².